The van der Waals surface area contributed by atoms with Crippen LogP contribution in [-0.4, -0.2) is 3.21 Å². The first-order valence-corrected chi connectivity index (χ1v) is 21.3. The van der Waals surface area contributed by atoms with Crippen LogP contribution in [0.15, 0.2) is 132 Å². The summed E-state index contributed by atoms with van der Waals surface area (Å²) >= 11 is 1.46. The van der Waals surface area contributed by atoms with Gasteiger partial charge in [0, 0.05) is 5.41 Å². The first-order chi connectivity index (χ1) is 25.0. The summed E-state index contributed by atoms with van der Waals surface area (Å²) in [5.74, 6) is 4.93. The number of fused-ring (bicyclic) bond motifs is 6. The summed E-state index contributed by atoms with van der Waals surface area (Å²) in [5, 5.41) is 0. The molecule has 4 aliphatic rings. The van der Waals surface area contributed by atoms with Crippen LogP contribution < -0.4 is 24.8 Å². The molecule has 0 saturated heterocycles. The van der Waals surface area contributed by atoms with Crippen LogP contribution in [0.3, 0.4) is 0 Å². The minimum absolute atomic E-state index is 0. The zero-order valence-corrected chi connectivity index (χ0v) is 39.3. The van der Waals surface area contributed by atoms with Gasteiger partial charge < -0.3 is 24.8 Å². The van der Waals surface area contributed by atoms with Crippen LogP contribution >= 0.6 is 0 Å². The Morgan fingerprint density at radius 2 is 1.33 bits per heavy atom. The molecule has 7 atom stereocenters. The standard InChI is InChI=1S/C29H37.C13H10.C10H15.2ClH.Zr/c1-16-13-14-25-26-23-12-10-9-11-22(23)15-24(26)27-19(4)17(2)18(3)21(6)29(27,8)28(25,7)20(16)5;1-3-7-12(8-4-1)11-13-9-5-2-6-10-13;1-8-5-6-9(7-8)10(2,3)4;;;/h9-14,16-18,20-21H,15H2,1-8H3;1-10H;5-7H,1-4H3;2*1H;/q-1;;-1;;;+2/p-2. The minimum atomic E-state index is 0. The Hall–Kier alpha value is -2.57. The van der Waals surface area contributed by atoms with Crippen LogP contribution in [0, 0.1) is 53.3 Å². The molecule has 290 valence electrons. The second-order valence-electron chi connectivity index (χ2n) is 18.0. The van der Waals surface area contributed by atoms with Crippen LogP contribution in [0.1, 0.15) is 110 Å². The van der Waals surface area contributed by atoms with Crippen molar-refractivity contribution in [2.75, 3.05) is 0 Å². The average molecular weight is 849 g/mol. The van der Waals surface area contributed by atoms with Gasteiger partial charge in [-0.05, 0) is 34.7 Å². The van der Waals surface area contributed by atoms with Crippen LogP contribution in [0.25, 0.3) is 5.57 Å². The van der Waals surface area contributed by atoms with E-state index in [0.717, 1.165) is 6.42 Å². The molecule has 0 nitrogen and oxygen atoms in total. The number of benzene rings is 3. The molecule has 3 heteroatoms. The molecule has 4 aromatic rings. The Morgan fingerprint density at radius 3 is 1.84 bits per heavy atom. The van der Waals surface area contributed by atoms with Crippen molar-refractivity contribution in [3.63, 3.8) is 0 Å². The van der Waals surface area contributed by atoms with Gasteiger partial charge in [0.15, 0.2) is 0 Å². The molecule has 4 aromatic carbocycles. The predicted octanol–water partition coefficient (Wildman–Crippen LogP) is 7.50. The molecule has 0 radical (unpaired) electrons. The van der Waals surface area contributed by atoms with E-state index >= 15 is 0 Å². The van der Waals surface area contributed by atoms with Crippen molar-refractivity contribution in [1.82, 2.24) is 0 Å². The molecular weight excluding hydrogens is 787 g/mol. The van der Waals surface area contributed by atoms with Gasteiger partial charge in [0.2, 0.25) is 0 Å². The van der Waals surface area contributed by atoms with Crippen molar-refractivity contribution >= 4 is 8.78 Å². The maximum absolute atomic E-state index is 2.63. The third-order valence-corrected chi connectivity index (χ3v) is 15.8. The number of hydrogen-bond acceptors (Lipinski definition) is 0. The fourth-order valence-corrected chi connectivity index (χ4v) is 11.1. The second kappa shape index (κ2) is 17.5. The number of aryl methyl sites for hydroxylation is 1. The van der Waals surface area contributed by atoms with Gasteiger partial charge in [-0.3, -0.25) is 0 Å². The van der Waals surface area contributed by atoms with Gasteiger partial charge in [-0.25, -0.2) is 12.0 Å². The van der Waals surface area contributed by atoms with Crippen molar-refractivity contribution in [2.24, 2.45) is 40.4 Å². The molecule has 0 heterocycles. The van der Waals surface area contributed by atoms with Crippen LogP contribution in [-0.2, 0) is 36.1 Å². The van der Waals surface area contributed by atoms with E-state index < -0.39 is 0 Å². The molecule has 8 rings (SSSR count). The summed E-state index contributed by atoms with van der Waals surface area (Å²) in [7, 11) is 0. The van der Waals surface area contributed by atoms with E-state index in [4.69, 9.17) is 0 Å². The van der Waals surface area contributed by atoms with Gasteiger partial charge in [0.05, 0.1) is 0 Å². The summed E-state index contributed by atoms with van der Waals surface area (Å²) in [6, 6.07) is 36.9. The average Bonchev–Trinajstić information content (AvgIpc) is 3.77. The van der Waals surface area contributed by atoms with Gasteiger partial charge in [0.25, 0.3) is 0 Å². The molecule has 1 fully saturated rings. The third-order valence-electron chi connectivity index (χ3n) is 14.4. The van der Waals surface area contributed by atoms with E-state index in [9.17, 15) is 0 Å². The molecule has 7 unspecified atom stereocenters. The van der Waals surface area contributed by atoms with Gasteiger partial charge >= 0.3 is 99.2 Å². The molecule has 1 saturated carbocycles. The number of allylic oxidation sites excluding steroid dienone is 6. The Labute approximate surface area is 361 Å². The van der Waals surface area contributed by atoms with E-state index in [0.29, 0.717) is 35.0 Å². The van der Waals surface area contributed by atoms with Crippen LogP contribution in [0.5, 0.6) is 0 Å². The SMILES string of the molecule is C[C-]1C2=C3Cc4ccccc4C3=C3C=CC(C)C(C)C3(C)C2(C)C(C)C(C)C1C.Cc1cc(C(C)(C)C)c[cH-]1.[Cl-].[Cl-].[Zr+2]=[C](c1ccccc1)c1ccccc1. The van der Waals surface area contributed by atoms with Gasteiger partial charge in [0.1, 0.15) is 0 Å². The second-order valence-corrected chi connectivity index (χ2v) is 19.3. The predicted molar refractivity (Wildman–Crippen MR) is 226 cm³/mol. The summed E-state index contributed by atoms with van der Waals surface area (Å²) in [6.07, 6.45) is 6.12. The Balaban J connectivity index is 0.000000215. The molecule has 0 aromatic heterocycles. The van der Waals surface area contributed by atoms with Gasteiger partial charge in [-0.1, -0.05) is 147 Å². The Bertz CT molecular complexity index is 2000. The van der Waals surface area contributed by atoms with Crippen molar-refractivity contribution in [1.29, 1.82) is 0 Å². The number of hydrogen-bond donors (Lipinski definition) is 0. The number of halogens is 2. The van der Waals surface area contributed by atoms with Crippen molar-refractivity contribution in [3.8, 4) is 0 Å². The van der Waals surface area contributed by atoms with E-state index in [2.05, 4.69) is 198 Å². The van der Waals surface area contributed by atoms with Crippen molar-refractivity contribution < 1.29 is 49.0 Å². The van der Waals surface area contributed by atoms with Gasteiger partial charge in [-0.2, -0.15) is 34.4 Å². The molecule has 4 aliphatic carbocycles. The first kappa shape index (κ1) is 45.1. The fraction of sp³-hybridized carbons (Fsp3) is 0.404. The first-order valence-electron chi connectivity index (χ1n) is 20.1. The van der Waals surface area contributed by atoms with E-state index in [1.54, 1.807) is 28.2 Å². The molecule has 55 heavy (non-hydrogen) atoms. The van der Waals surface area contributed by atoms with Crippen molar-refractivity contribution in [3.05, 3.63) is 171 Å². The zero-order chi connectivity index (χ0) is 38.5. The summed E-state index contributed by atoms with van der Waals surface area (Å²) in [6.45, 7) is 29.0. The van der Waals surface area contributed by atoms with E-state index in [1.165, 1.54) is 60.8 Å². The maximum atomic E-state index is 2.63. The van der Waals surface area contributed by atoms with Crippen LogP contribution in [0.4, 0.5) is 0 Å². The monoisotopic (exact) mass is 846 g/mol. The van der Waals surface area contributed by atoms with E-state index in [1.807, 2.05) is 0 Å². The molecule has 0 spiro atoms. The summed E-state index contributed by atoms with van der Waals surface area (Å²) < 4.78 is 1.42. The zero-order valence-electron chi connectivity index (χ0n) is 35.3. The molecule has 0 aliphatic heterocycles. The molecule has 0 N–H and O–H groups in total. The normalized spacial score (nSPS) is 27.5. The topological polar surface area (TPSA) is 0 Å². The Morgan fingerprint density at radius 1 is 0.782 bits per heavy atom. The fourth-order valence-electron chi connectivity index (χ4n) is 10.2. The molecular formula is C52H62Cl2Zr-2. The summed E-state index contributed by atoms with van der Waals surface area (Å²) in [4.78, 5) is 0. The van der Waals surface area contributed by atoms with E-state index in [-0.39, 0.29) is 35.6 Å². The number of rotatable bonds is 2. The summed E-state index contributed by atoms with van der Waals surface area (Å²) in [5.41, 5.74) is 15.7. The quantitative estimate of drug-likeness (QED) is 0.184. The van der Waals surface area contributed by atoms with Gasteiger partial charge in [-0.15, -0.1) is 6.92 Å². The van der Waals surface area contributed by atoms with Crippen LogP contribution in [0.2, 0.25) is 0 Å². The third kappa shape index (κ3) is 7.99. The Kier molecular flexibility index (Phi) is 14.4. The molecule has 0 bridgehead atoms. The van der Waals surface area contributed by atoms with Crippen molar-refractivity contribution in [2.45, 2.75) is 94.9 Å². The molecule has 0 amide bonds.